The lowest BCUT2D eigenvalue weighted by Crippen LogP contribution is -2.21. The molecule has 7 heteroatoms. The minimum atomic E-state index is -0.415. The second-order valence-electron chi connectivity index (χ2n) is 6.00. The van der Waals surface area contributed by atoms with Gasteiger partial charge in [0.05, 0.1) is 12.7 Å². The highest BCUT2D eigenvalue weighted by Gasteiger charge is 2.13. The molecule has 0 radical (unpaired) electrons. The van der Waals surface area contributed by atoms with Crippen LogP contribution in [0.15, 0.2) is 46.9 Å². The van der Waals surface area contributed by atoms with Gasteiger partial charge in [0, 0.05) is 16.7 Å². The molecule has 0 amide bonds. The number of anilines is 1. The summed E-state index contributed by atoms with van der Waals surface area (Å²) in [6.45, 7) is 6.37. The second-order valence-corrected chi connectivity index (χ2v) is 6.85. The molecule has 0 heterocycles. The Morgan fingerprint density at radius 1 is 1.11 bits per heavy atom. The van der Waals surface area contributed by atoms with Crippen molar-refractivity contribution < 1.29 is 19.0 Å². The van der Waals surface area contributed by atoms with Gasteiger partial charge in [-0.15, -0.1) is 0 Å². The number of nitrogens with one attached hydrogen (secondary N) is 2. The van der Waals surface area contributed by atoms with Crippen molar-refractivity contribution in [3.8, 4) is 11.5 Å². The van der Waals surface area contributed by atoms with Crippen LogP contribution in [0.1, 0.15) is 26.3 Å². The van der Waals surface area contributed by atoms with Crippen molar-refractivity contribution >= 4 is 27.6 Å². The summed E-state index contributed by atoms with van der Waals surface area (Å²) in [4.78, 5) is 11.7. The number of carbonyl (C=O) groups is 1. The topological polar surface area (TPSA) is 68.8 Å². The van der Waals surface area contributed by atoms with Crippen molar-refractivity contribution in [3.63, 3.8) is 0 Å². The Hall–Kier alpha value is -2.25. The van der Waals surface area contributed by atoms with E-state index in [0.717, 1.165) is 15.7 Å². The van der Waals surface area contributed by atoms with E-state index in [9.17, 15) is 4.79 Å². The molecule has 0 bridgehead atoms. The lowest BCUT2D eigenvalue weighted by Gasteiger charge is -2.16. The van der Waals surface area contributed by atoms with Gasteiger partial charge in [-0.3, -0.25) is 0 Å². The Labute approximate surface area is 168 Å². The maximum absolute atomic E-state index is 11.7. The molecule has 2 rings (SSSR count). The maximum Gasteiger partial charge on any atom is 0.344 e. The maximum atomic E-state index is 11.7. The minimum Gasteiger partial charge on any atom is -0.490 e. The van der Waals surface area contributed by atoms with Crippen LogP contribution >= 0.6 is 15.9 Å². The van der Waals surface area contributed by atoms with Gasteiger partial charge in [0.25, 0.3) is 0 Å². The number of para-hydroxylation sites is 1. The Bertz CT molecular complexity index is 738. The fourth-order valence-electron chi connectivity index (χ4n) is 2.29. The molecule has 146 valence electrons. The summed E-state index contributed by atoms with van der Waals surface area (Å²) in [5.41, 5.74) is 8.27. The van der Waals surface area contributed by atoms with E-state index in [4.69, 9.17) is 14.2 Å². The summed E-state index contributed by atoms with van der Waals surface area (Å²) in [6, 6.07) is 13.5. The van der Waals surface area contributed by atoms with Crippen LogP contribution in [-0.2, 0) is 16.1 Å². The van der Waals surface area contributed by atoms with Crippen LogP contribution in [0.4, 0.5) is 5.69 Å². The highest BCUT2D eigenvalue weighted by Crippen LogP contribution is 2.34. The fraction of sp³-hybridized carbons (Fsp3) is 0.350. The van der Waals surface area contributed by atoms with E-state index in [1.807, 2.05) is 43.3 Å². The minimum absolute atomic E-state index is 0.169. The van der Waals surface area contributed by atoms with Gasteiger partial charge in [0.2, 0.25) is 0 Å². The normalized spacial score (nSPS) is 10.6. The highest BCUT2D eigenvalue weighted by molar-refractivity contribution is 9.10. The molecule has 0 aromatic heterocycles. The van der Waals surface area contributed by atoms with E-state index >= 15 is 0 Å². The zero-order valence-electron chi connectivity index (χ0n) is 15.8. The smallest absolute Gasteiger partial charge is 0.344 e. The number of rotatable bonds is 10. The number of hydrogen-bond acceptors (Lipinski definition) is 6. The lowest BCUT2D eigenvalue weighted by molar-refractivity contribution is -0.149. The van der Waals surface area contributed by atoms with Crippen molar-refractivity contribution in [2.75, 3.05) is 18.6 Å². The average Bonchev–Trinajstić information content (AvgIpc) is 2.63. The van der Waals surface area contributed by atoms with E-state index in [-0.39, 0.29) is 12.7 Å². The van der Waals surface area contributed by atoms with Gasteiger partial charge in [-0.05, 0) is 50.6 Å². The third-order valence-corrected chi connectivity index (χ3v) is 4.15. The Morgan fingerprint density at radius 2 is 1.81 bits per heavy atom. The number of carbonyl (C=O) groups excluding carboxylic acids is 1. The molecule has 0 atom stereocenters. The summed E-state index contributed by atoms with van der Waals surface area (Å²) in [5, 5.41) is 0. The zero-order valence-corrected chi connectivity index (χ0v) is 17.3. The van der Waals surface area contributed by atoms with Crippen molar-refractivity contribution in [1.82, 2.24) is 5.43 Å². The average molecular weight is 437 g/mol. The van der Waals surface area contributed by atoms with Crippen molar-refractivity contribution in [2.45, 2.75) is 33.4 Å². The third kappa shape index (κ3) is 7.11. The van der Waals surface area contributed by atoms with Crippen LogP contribution in [0.2, 0.25) is 0 Å². The molecule has 2 aromatic carbocycles. The molecule has 0 fully saturated rings. The number of ether oxygens (including phenoxy) is 3. The largest absolute Gasteiger partial charge is 0.490 e. The van der Waals surface area contributed by atoms with Gasteiger partial charge in [0.1, 0.15) is 0 Å². The van der Waals surface area contributed by atoms with Gasteiger partial charge in [-0.1, -0.05) is 34.1 Å². The van der Waals surface area contributed by atoms with Gasteiger partial charge >= 0.3 is 5.97 Å². The van der Waals surface area contributed by atoms with Gasteiger partial charge < -0.3 is 19.6 Å². The first-order chi connectivity index (χ1) is 13.0. The Kier molecular flexibility index (Phi) is 8.42. The molecule has 0 saturated heterocycles. The van der Waals surface area contributed by atoms with E-state index in [1.165, 1.54) is 0 Å². The number of benzene rings is 2. The number of hydrazine groups is 1. The van der Waals surface area contributed by atoms with Crippen LogP contribution in [0, 0.1) is 0 Å². The van der Waals surface area contributed by atoms with Crippen LogP contribution < -0.4 is 20.3 Å². The third-order valence-electron chi connectivity index (χ3n) is 3.41. The van der Waals surface area contributed by atoms with Crippen molar-refractivity contribution in [1.29, 1.82) is 0 Å². The molecular formula is C20H25BrN2O4. The lowest BCUT2D eigenvalue weighted by atomic mass is 10.2. The number of halogens is 1. The zero-order chi connectivity index (χ0) is 19.6. The van der Waals surface area contributed by atoms with E-state index in [0.29, 0.717) is 24.7 Å². The molecule has 0 unspecified atom stereocenters. The molecule has 0 saturated carbocycles. The quantitative estimate of drug-likeness (QED) is 0.427. The van der Waals surface area contributed by atoms with Crippen LogP contribution in [-0.4, -0.2) is 25.3 Å². The van der Waals surface area contributed by atoms with Crippen LogP contribution in [0.25, 0.3) is 0 Å². The fourth-order valence-corrected chi connectivity index (χ4v) is 2.75. The van der Waals surface area contributed by atoms with Gasteiger partial charge in [-0.2, -0.15) is 0 Å². The molecule has 0 aliphatic heterocycles. The summed E-state index contributed by atoms with van der Waals surface area (Å²) in [5.74, 6) is 0.653. The van der Waals surface area contributed by atoms with Crippen molar-refractivity contribution in [2.24, 2.45) is 0 Å². The summed E-state index contributed by atoms with van der Waals surface area (Å²) >= 11 is 3.55. The molecule has 2 N–H and O–H groups in total. The van der Waals surface area contributed by atoms with Gasteiger partial charge in [0.15, 0.2) is 18.1 Å². The predicted molar refractivity (Wildman–Crippen MR) is 109 cm³/mol. The predicted octanol–water partition coefficient (Wildman–Crippen LogP) is 4.29. The molecule has 6 nitrogen and oxygen atoms in total. The second kappa shape index (κ2) is 10.8. The van der Waals surface area contributed by atoms with Gasteiger partial charge in [-0.25, -0.2) is 10.2 Å². The van der Waals surface area contributed by atoms with Crippen LogP contribution in [0.5, 0.6) is 11.5 Å². The molecule has 27 heavy (non-hydrogen) atoms. The summed E-state index contributed by atoms with van der Waals surface area (Å²) in [6.07, 6.45) is -0.176. The number of esters is 1. The summed E-state index contributed by atoms with van der Waals surface area (Å²) < 4.78 is 17.2. The van der Waals surface area contributed by atoms with E-state index < -0.39 is 5.97 Å². The molecule has 0 aliphatic carbocycles. The molecule has 0 spiro atoms. The monoisotopic (exact) mass is 436 g/mol. The highest BCUT2D eigenvalue weighted by atomic mass is 79.9. The Morgan fingerprint density at radius 3 is 2.48 bits per heavy atom. The van der Waals surface area contributed by atoms with Crippen molar-refractivity contribution in [3.05, 3.63) is 52.5 Å². The van der Waals surface area contributed by atoms with Crippen LogP contribution in [0.3, 0.4) is 0 Å². The SMILES string of the molecule is CCOc1cc(CNNc2ccccc2)c(Br)cc1OCC(=O)OC(C)C. The molecule has 0 aliphatic rings. The number of hydrogen-bond donors (Lipinski definition) is 2. The molecule has 2 aromatic rings. The summed E-state index contributed by atoms with van der Waals surface area (Å²) in [7, 11) is 0. The molecular weight excluding hydrogens is 412 g/mol. The first-order valence-corrected chi connectivity index (χ1v) is 9.60. The standard InChI is InChI=1S/C20H25BrN2O4/c1-4-25-18-10-15(12-22-23-16-8-6-5-7-9-16)17(21)11-19(18)26-13-20(24)27-14(2)3/h5-11,14,22-23H,4,12-13H2,1-3H3. The first kappa shape index (κ1) is 21.1. The Balaban J connectivity index is 2.02. The van der Waals surface area contributed by atoms with E-state index in [1.54, 1.807) is 19.9 Å². The first-order valence-electron chi connectivity index (χ1n) is 8.81. The van der Waals surface area contributed by atoms with E-state index in [2.05, 4.69) is 26.8 Å².